The van der Waals surface area contributed by atoms with Gasteiger partial charge in [-0.3, -0.25) is 4.98 Å². The minimum atomic E-state index is 0.614. The van der Waals surface area contributed by atoms with E-state index < -0.39 is 0 Å². The van der Waals surface area contributed by atoms with Gasteiger partial charge in [-0.1, -0.05) is 35.9 Å². The average molecular weight is 507 g/mol. The lowest BCUT2D eigenvalue weighted by atomic mass is 10.0. The minimum Gasteiger partial charge on any atom is -0.396 e. The molecule has 0 saturated heterocycles. The van der Waals surface area contributed by atoms with E-state index in [2.05, 4.69) is 65.4 Å². The number of benzene rings is 2. The molecule has 0 bridgehead atoms. The van der Waals surface area contributed by atoms with Crippen LogP contribution < -0.4 is 16.8 Å². The summed E-state index contributed by atoms with van der Waals surface area (Å²) in [4.78, 5) is 19.3. The highest BCUT2D eigenvalue weighted by molar-refractivity contribution is 6.31. The number of nitrogen functional groups attached to an aromatic ring is 1. The van der Waals surface area contributed by atoms with E-state index in [0.29, 0.717) is 18.1 Å². The molecule has 36 heavy (non-hydrogen) atoms. The normalized spacial score (nSPS) is 10.3. The van der Waals surface area contributed by atoms with Crippen molar-refractivity contribution in [2.45, 2.75) is 19.4 Å². The molecule has 190 valence electrons. The first-order valence-electron chi connectivity index (χ1n) is 11.6. The molecule has 5 N–H and O–H groups in total. The lowest BCUT2D eigenvalue weighted by molar-refractivity contribution is -0.0979. The zero-order valence-corrected chi connectivity index (χ0v) is 21.9. The average Bonchev–Trinajstić information content (AvgIpc) is 2.91. The highest BCUT2D eigenvalue weighted by Crippen LogP contribution is 2.28. The number of aryl methyl sites for hydroxylation is 1. The number of nitrogens with zero attached hydrogens (tertiary/aromatic N) is 3. The van der Waals surface area contributed by atoms with Gasteiger partial charge in [0.2, 0.25) is 0 Å². The van der Waals surface area contributed by atoms with Crippen molar-refractivity contribution >= 4 is 40.8 Å². The Morgan fingerprint density at radius 1 is 1.03 bits per heavy atom. The highest BCUT2D eigenvalue weighted by atomic mass is 35.5. The van der Waals surface area contributed by atoms with Crippen molar-refractivity contribution < 1.29 is 4.79 Å². The summed E-state index contributed by atoms with van der Waals surface area (Å²) in [6.07, 6.45) is 3.84. The van der Waals surface area contributed by atoms with Crippen LogP contribution in [0.4, 0.5) is 11.5 Å². The van der Waals surface area contributed by atoms with Crippen molar-refractivity contribution in [2.24, 2.45) is 5.73 Å². The third-order valence-electron chi connectivity index (χ3n) is 5.45. The van der Waals surface area contributed by atoms with E-state index in [1.807, 2.05) is 37.1 Å². The quantitative estimate of drug-likeness (QED) is 0.307. The van der Waals surface area contributed by atoms with Crippen molar-refractivity contribution in [3.05, 3.63) is 83.0 Å². The largest absolute Gasteiger partial charge is 0.396 e. The van der Waals surface area contributed by atoms with Crippen LogP contribution in [0.2, 0.25) is 5.02 Å². The summed E-state index contributed by atoms with van der Waals surface area (Å²) in [7, 11) is 5.67. The van der Waals surface area contributed by atoms with Gasteiger partial charge in [-0.25, -0.2) is 4.98 Å². The Hall–Kier alpha value is -3.52. The van der Waals surface area contributed by atoms with Crippen LogP contribution in [0.5, 0.6) is 0 Å². The van der Waals surface area contributed by atoms with E-state index >= 15 is 0 Å². The monoisotopic (exact) mass is 506 g/mol. The number of pyridine rings is 2. The number of halogens is 1. The molecule has 0 spiro atoms. The summed E-state index contributed by atoms with van der Waals surface area (Å²) in [5.41, 5.74) is 16.4. The lowest BCUT2D eigenvalue weighted by Crippen LogP contribution is -2.13. The van der Waals surface area contributed by atoms with Crippen LogP contribution >= 0.6 is 11.6 Å². The van der Waals surface area contributed by atoms with Crippen LogP contribution in [0.25, 0.3) is 22.2 Å². The molecule has 0 fully saturated rings. The number of aromatic nitrogens is 2. The van der Waals surface area contributed by atoms with Gasteiger partial charge in [0.25, 0.3) is 0 Å². The maximum atomic E-state index is 8.00. The lowest BCUT2D eigenvalue weighted by Gasteiger charge is -2.13. The molecule has 0 saturated carbocycles. The number of nitrogens with two attached hydrogens (primary N) is 2. The van der Waals surface area contributed by atoms with Crippen molar-refractivity contribution in [3.8, 4) is 11.3 Å². The maximum absolute atomic E-state index is 8.00. The van der Waals surface area contributed by atoms with Crippen LogP contribution in [-0.2, 0) is 17.8 Å². The summed E-state index contributed by atoms with van der Waals surface area (Å²) in [6.45, 7) is 3.66. The van der Waals surface area contributed by atoms with E-state index in [9.17, 15) is 0 Å². The first kappa shape index (κ1) is 28.7. The Balaban J connectivity index is 0.00000109. The topological polar surface area (TPSA) is 110 Å². The van der Waals surface area contributed by atoms with Crippen LogP contribution in [-0.4, -0.2) is 49.3 Å². The number of hydrogen-bond acceptors (Lipinski definition) is 7. The number of carbonyl (C=O) groups is 1. The van der Waals surface area contributed by atoms with Gasteiger partial charge in [-0.2, -0.15) is 0 Å². The molecule has 0 aliphatic carbocycles. The fourth-order valence-electron chi connectivity index (χ4n) is 3.69. The Bertz CT molecular complexity index is 1250. The number of fused-ring (bicyclic) bond motifs is 1. The molecule has 8 heteroatoms. The second kappa shape index (κ2) is 14.8. The van der Waals surface area contributed by atoms with Crippen molar-refractivity contribution in [1.82, 2.24) is 14.9 Å². The van der Waals surface area contributed by atoms with Gasteiger partial charge in [0.15, 0.2) is 0 Å². The summed E-state index contributed by atoms with van der Waals surface area (Å²) in [6, 6.07) is 20.2. The van der Waals surface area contributed by atoms with Crippen LogP contribution in [0.1, 0.15) is 17.5 Å². The molecule has 0 aliphatic rings. The molecule has 0 unspecified atom stereocenters. The van der Waals surface area contributed by atoms with Crippen molar-refractivity contribution in [3.63, 3.8) is 0 Å². The summed E-state index contributed by atoms with van der Waals surface area (Å²) in [5.74, 6) is 0.667. The van der Waals surface area contributed by atoms with Gasteiger partial charge in [0.1, 0.15) is 12.6 Å². The van der Waals surface area contributed by atoms with E-state index in [4.69, 9.17) is 27.1 Å². The van der Waals surface area contributed by atoms with E-state index in [1.54, 1.807) is 6.20 Å². The second-order valence-corrected chi connectivity index (χ2v) is 8.64. The molecule has 7 nitrogen and oxygen atoms in total. The summed E-state index contributed by atoms with van der Waals surface area (Å²) in [5, 5.41) is 5.26. The predicted molar refractivity (Wildman–Crippen MR) is 152 cm³/mol. The zero-order chi connectivity index (χ0) is 26.5. The molecule has 4 aromatic rings. The number of hydrogen-bond donors (Lipinski definition) is 3. The molecule has 2 aromatic heterocycles. The van der Waals surface area contributed by atoms with Crippen molar-refractivity contribution in [2.75, 3.05) is 38.7 Å². The first-order chi connectivity index (χ1) is 17.5. The van der Waals surface area contributed by atoms with Gasteiger partial charge in [0, 0.05) is 28.7 Å². The van der Waals surface area contributed by atoms with Crippen LogP contribution in [0.15, 0.2) is 66.9 Å². The molecule has 0 atom stereocenters. The molecule has 2 heterocycles. The van der Waals surface area contributed by atoms with Gasteiger partial charge in [-0.05, 0) is 88.1 Å². The minimum absolute atomic E-state index is 0.614. The Labute approximate surface area is 218 Å². The van der Waals surface area contributed by atoms with Crippen LogP contribution in [0.3, 0.4) is 0 Å². The first-order valence-corrected chi connectivity index (χ1v) is 12.0. The number of carbonyl (C=O) groups excluding carboxylic acids is 1. The van der Waals surface area contributed by atoms with E-state index in [0.717, 1.165) is 57.7 Å². The zero-order valence-electron chi connectivity index (χ0n) is 21.2. The molecule has 0 amide bonds. The maximum Gasteiger partial charge on any atom is 0.150 e. The van der Waals surface area contributed by atoms with Gasteiger partial charge in [0.05, 0.1) is 16.9 Å². The second-order valence-electron chi connectivity index (χ2n) is 8.23. The van der Waals surface area contributed by atoms with E-state index in [1.165, 1.54) is 7.05 Å². The highest BCUT2D eigenvalue weighted by Gasteiger charge is 2.09. The van der Waals surface area contributed by atoms with Crippen molar-refractivity contribution in [1.29, 1.82) is 0 Å². The third kappa shape index (κ3) is 8.02. The Morgan fingerprint density at radius 3 is 2.53 bits per heavy atom. The molecular weight excluding hydrogens is 472 g/mol. The third-order valence-corrected chi connectivity index (χ3v) is 5.81. The van der Waals surface area contributed by atoms with Gasteiger partial charge >= 0.3 is 0 Å². The predicted octanol–water partition coefficient (Wildman–Crippen LogP) is 5.03. The number of rotatable bonds is 8. The summed E-state index contributed by atoms with van der Waals surface area (Å²) >= 11 is 6.57. The fourth-order valence-corrected chi connectivity index (χ4v) is 3.96. The fraction of sp³-hybridized carbons (Fsp3) is 0.250. The SMILES string of the molecule is C=O.CN.CN(C)CCCc1ccc(-c2ccc(N)c(NCc3ccc4ncccc4c3)n2)cc1Cl. The summed E-state index contributed by atoms with van der Waals surface area (Å²) < 4.78 is 0. The molecule has 0 aliphatic heterocycles. The number of nitrogens with one attached hydrogen (secondary N) is 1. The Kier molecular flexibility index (Phi) is 11.8. The standard InChI is InChI=1S/C26H28ClN5.CH5N.CH2O/c1-32(2)14-4-6-19-8-9-21(16-22(19)27)25-12-10-23(28)26(31-25)30-17-18-7-11-24-20(15-18)5-3-13-29-24;2*1-2/h3,5,7-13,15-16H,4,6,14,17,28H2,1-2H3,(H,30,31);2H2,1H3;1H2. The van der Waals surface area contributed by atoms with Crippen LogP contribution in [0, 0.1) is 0 Å². The number of anilines is 2. The molecule has 2 aromatic carbocycles. The van der Waals surface area contributed by atoms with Gasteiger partial charge in [-0.15, -0.1) is 0 Å². The van der Waals surface area contributed by atoms with E-state index in [-0.39, 0.29) is 0 Å². The smallest absolute Gasteiger partial charge is 0.150 e. The Morgan fingerprint density at radius 2 is 1.81 bits per heavy atom. The molecule has 0 radical (unpaired) electrons. The van der Waals surface area contributed by atoms with Gasteiger partial charge < -0.3 is 26.5 Å². The molecule has 4 rings (SSSR count). The molecular formula is C28H35ClN6O.